The van der Waals surface area contributed by atoms with Crippen LogP contribution in [0.2, 0.25) is 0 Å². The number of nitrogens with one attached hydrogen (secondary N) is 2. The number of hydrogen-bond acceptors (Lipinski definition) is 5. The second-order valence-corrected chi connectivity index (χ2v) is 6.86. The third-order valence-electron chi connectivity index (χ3n) is 4.31. The molecule has 0 atom stereocenters. The van der Waals surface area contributed by atoms with Crippen molar-refractivity contribution in [2.24, 2.45) is 5.10 Å². The molecule has 0 aliphatic heterocycles. The van der Waals surface area contributed by atoms with E-state index in [1.54, 1.807) is 44.7 Å². The lowest BCUT2D eigenvalue weighted by Crippen LogP contribution is -2.24. The average Bonchev–Trinajstić information content (AvgIpc) is 2.68. The number of amides is 2. The molecular formula is C22H27N3O4. The maximum Gasteiger partial charge on any atom is 0.249 e. The third kappa shape index (κ3) is 6.34. The number of methoxy groups -OCH3 is 2. The number of ether oxygens (including phenoxy) is 2. The number of nitrogens with zero attached hydrogens (tertiary/aromatic N) is 1. The van der Waals surface area contributed by atoms with Crippen LogP contribution in [0.3, 0.4) is 0 Å². The number of anilines is 1. The minimum absolute atomic E-state index is 0.285. The van der Waals surface area contributed by atoms with E-state index >= 15 is 0 Å². The van der Waals surface area contributed by atoms with Crippen LogP contribution >= 0.6 is 0 Å². The monoisotopic (exact) mass is 397 g/mol. The van der Waals surface area contributed by atoms with Crippen molar-refractivity contribution < 1.29 is 19.1 Å². The predicted octanol–water partition coefficient (Wildman–Crippen LogP) is 3.61. The normalized spacial score (nSPS) is 10.8. The standard InChI is InChI=1S/C22H27N3O4/c1-14(2)19-10-16(15(3)9-20(19)29-5)13-23-25-22(27)12-21(26)24-17-7-6-8-18(11-17)28-4/h6-11,13-14H,12H2,1-5H3,(H,24,26)(H,25,27). The Morgan fingerprint density at radius 1 is 1.10 bits per heavy atom. The van der Waals surface area contributed by atoms with Crippen LogP contribution in [0.4, 0.5) is 5.69 Å². The SMILES string of the molecule is COc1cccc(NC(=O)CC(=O)NN=Cc2cc(C(C)C)c(OC)cc2C)c1. The molecule has 2 amide bonds. The summed E-state index contributed by atoms with van der Waals surface area (Å²) in [5.41, 5.74) is 5.85. The zero-order valence-electron chi connectivity index (χ0n) is 17.4. The molecule has 0 unspecified atom stereocenters. The van der Waals surface area contributed by atoms with Crippen molar-refractivity contribution in [1.29, 1.82) is 0 Å². The Balaban J connectivity index is 1.95. The fourth-order valence-corrected chi connectivity index (χ4v) is 2.75. The van der Waals surface area contributed by atoms with Crippen LogP contribution in [-0.4, -0.2) is 32.2 Å². The van der Waals surface area contributed by atoms with Gasteiger partial charge in [-0.1, -0.05) is 19.9 Å². The largest absolute Gasteiger partial charge is 0.497 e. The van der Waals surface area contributed by atoms with Crippen molar-refractivity contribution in [3.63, 3.8) is 0 Å². The van der Waals surface area contributed by atoms with Gasteiger partial charge >= 0.3 is 0 Å². The molecule has 0 aromatic heterocycles. The van der Waals surface area contributed by atoms with E-state index in [4.69, 9.17) is 9.47 Å². The van der Waals surface area contributed by atoms with E-state index < -0.39 is 11.8 Å². The van der Waals surface area contributed by atoms with Crippen molar-refractivity contribution in [3.05, 3.63) is 53.1 Å². The number of hydrogen-bond donors (Lipinski definition) is 2. The summed E-state index contributed by atoms with van der Waals surface area (Å²) in [7, 11) is 3.19. The van der Waals surface area contributed by atoms with Gasteiger partial charge in [-0.15, -0.1) is 0 Å². The van der Waals surface area contributed by atoms with Crippen molar-refractivity contribution in [1.82, 2.24) is 5.43 Å². The summed E-state index contributed by atoms with van der Waals surface area (Å²) in [6.07, 6.45) is 1.23. The van der Waals surface area contributed by atoms with Crippen LogP contribution in [0, 0.1) is 6.92 Å². The molecule has 0 spiro atoms. The molecule has 0 bridgehead atoms. The first-order chi connectivity index (χ1) is 13.8. The lowest BCUT2D eigenvalue weighted by atomic mass is 9.97. The number of rotatable bonds is 8. The highest BCUT2D eigenvalue weighted by Crippen LogP contribution is 2.29. The Labute approximate surface area is 171 Å². The van der Waals surface area contributed by atoms with Gasteiger partial charge in [-0.3, -0.25) is 9.59 Å². The van der Waals surface area contributed by atoms with Gasteiger partial charge in [-0.2, -0.15) is 5.10 Å². The van der Waals surface area contributed by atoms with Crippen molar-refractivity contribution in [2.45, 2.75) is 33.1 Å². The summed E-state index contributed by atoms with van der Waals surface area (Å²) in [4.78, 5) is 24.0. The molecule has 2 rings (SSSR count). The maximum absolute atomic E-state index is 12.0. The zero-order chi connectivity index (χ0) is 21.4. The van der Waals surface area contributed by atoms with E-state index in [0.717, 1.165) is 22.4 Å². The van der Waals surface area contributed by atoms with Crippen LogP contribution < -0.4 is 20.2 Å². The zero-order valence-corrected chi connectivity index (χ0v) is 17.4. The fraction of sp³-hybridized carbons (Fsp3) is 0.318. The van der Waals surface area contributed by atoms with Crippen LogP contribution in [0.1, 0.15) is 42.9 Å². The van der Waals surface area contributed by atoms with Gasteiger partial charge in [0.05, 0.1) is 20.4 Å². The van der Waals surface area contributed by atoms with E-state index in [9.17, 15) is 9.59 Å². The lowest BCUT2D eigenvalue weighted by molar-refractivity contribution is -0.126. The van der Waals surface area contributed by atoms with Gasteiger partial charge in [0.15, 0.2) is 0 Å². The molecule has 0 heterocycles. The average molecular weight is 397 g/mol. The molecule has 154 valence electrons. The van der Waals surface area contributed by atoms with Crippen molar-refractivity contribution in [2.75, 3.05) is 19.5 Å². The number of benzene rings is 2. The Hall–Kier alpha value is -3.35. The summed E-state index contributed by atoms with van der Waals surface area (Å²) in [5, 5.41) is 6.63. The van der Waals surface area contributed by atoms with Gasteiger partial charge < -0.3 is 14.8 Å². The smallest absolute Gasteiger partial charge is 0.249 e. The Morgan fingerprint density at radius 3 is 2.52 bits per heavy atom. The molecule has 2 aromatic rings. The summed E-state index contributed by atoms with van der Waals surface area (Å²) >= 11 is 0. The Morgan fingerprint density at radius 2 is 1.86 bits per heavy atom. The molecule has 2 aromatic carbocycles. The molecule has 0 fully saturated rings. The summed E-state index contributed by atoms with van der Waals surface area (Å²) < 4.78 is 10.5. The summed E-state index contributed by atoms with van der Waals surface area (Å²) in [6.45, 7) is 6.10. The van der Waals surface area contributed by atoms with Gasteiger partial charge in [-0.25, -0.2) is 5.43 Å². The minimum Gasteiger partial charge on any atom is -0.497 e. The predicted molar refractivity (Wildman–Crippen MR) is 114 cm³/mol. The minimum atomic E-state index is -0.503. The van der Waals surface area contributed by atoms with E-state index in [2.05, 4.69) is 29.7 Å². The molecule has 29 heavy (non-hydrogen) atoms. The van der Waals surface area contributed by atoms with Crippen LogP contribution in [0.5, 0.6) is 11.5 Å². The maximum atomic E-state index is 12.0. The first-order valence-electron chi connectivity index (χ1n) is 9.28. The van der Waals surface area contributed by atoms with Gasteiger partial charge in [0.25, 0.3) is 0 Å². The fourth-order valence-electron chi connectivity index (χ4n) is 2.75. The highest BCUT2D eigenvalue weighted by molar-refractivity contribution is 6.03. The molecule has 0 radical (unpaired) electrons. The molecule has 0 saturated carbocycles. The van der Waals surface area contributed by atoms with Crippen LogP contribution in [-0.2, 0) is 9.59 Å². The summed E-state index contributed by atoms with van der Waals surface area (Å²) in [5.74, 6) is 0.790. The highest BCUT2D eigenvalue weighted by Gasteiger charge is 2.11. The number of carbonyl (C=O) groups excluding carboxylic acids is 2. The number of hydrazone groups is 1. The molecule has 0 saturated heterocycles. The third-order valence-corrected chi connectivity index (χ3v) is 4.31. The van der Waals surface area contributed by atoms with E-state index in [-0.39, 0.29) is 12.3 Å². The van der Waals surface area contributed by atoms with Gasteiger partial charge in [0.2, 0.25) is 11.8 Å². The molecule has 7 nitrogen and oxygen atoms in total. The van der Waals surface area contributed by atoms with E-state index in [1.807, 2.05) is 19.1 Å². The van der Waals surface area contributed by atoms with Gasteiger partial charge in [0, 0.05) is 11.8 Å². The number of aryl methyl sites for hydroxylation is 1. The van der Waals surface area contributed by atoms with Crippen molar-refractivity contribution in [3.8, 4) is 11.5 Å². The molecule has 2 N–H and O–H groups in total. The summed E-state index contributed by atoms with van der Waals surface area (Å²) in [6, 6.07) is 10.8. The Bertz CT molecular complexity index is 907. The van der Waals surface area contributed by atoms with Gasteiger partial charge in [0.1, 0.15) is 17.9 Å². The first kappa shape index (κ1) is 21.9. The van der Waals surface area contributed by atoms with Crippen molar-refractivity contribution >= 4 is 23.7 Å². The Kier molecular flexibility index (Phi) is 7.77. The second-order valence-electron chi connectivity index (χ2n) is 6.86. The molecule has 0 aliphatic carbocycles. The van der Waals surface area contributed by atoms with Crippen LogP contribution in [0.15, 0.2) is 41.5 Å². The quantitative estimate of drug-likeness (QED) is 0.405. The lowest BCUT2D eigenvalue weighted by Gasteiger charge is -2.14. The second kappa shape index (κ2) is 10.3. The number of carbonyl (C=O) groups is 2. The van der Waals surface area contributed by atoms with E-state index in [1.165, 1.54) is 0 Å². The molecular weight excluding hydrogens is 370 g/mol. The van der Waals surface area contributed by atoms with E-state index in [0.29, 0.717) is 11.4 Å². The highest BCUT2D eigenvalue weighted by atomic mass is 16.5. The first-order valence-corrected chi connectivity index (χ1v) is 9.28. The van der Waals surface area contributed by atoms with Crippen LogP contribution in [0.25, 0.3) is 0 Å². The molecule has 0 aliphatic rings. The van der Waals surface area contributed by atoms with Gasteiger partial charge in [-0.05, 0) is 53.8 Å². The molecule has 7 heteroatoms. The topological polar surface area (TPSA) is 89.0 Å².